The van der Waals surface area contributed by atoms with E-state index in [0.29, 0.717) is 28.6 Å². The molecule has 6 aromatic rings. The molecule has 1 saturated carbocycles. The number of aromatic hydroxyl groups is 1. The number of imide groups is 1. The number of allylic oxidation sites excluding steroid dienone is 4. The van der Waals surface area contributed by atoms with E-state index in [-0.39, 0.29) is 35.6 Å². The van der Waals surface area contributed by atoms with E-state index in [2.05, 4.69) is 11.4 Å². The molecule has 2 N–H and O–H groups in total. The molecule has 0 radical (unpaired) electrons. The molecule has 6 atom stereocenters. The van der Waals surface area contributed by atoms with Crippen LogP contribution in [0.4, 0.5) is 17.1 Å². The summed E-state index contributed by atoms with van der Waals surface area (Å²) in [6, 6.07) is 47.0. The third kappa shape index (κ3) is 5.26. The highest BCUT2D eigenvalue weighted by Gasteiger charge is 2.66. The highest BCUT2D eigenvalue weighted by Crippen LogP contribution is 2.64. The molecule has 1 aliphatic heterocycles. The Morgan fingerprint density at radius 1 is 0.632 bits per heavy atom. The Bertz CT molecular complexity index is 2670. The van der Waals surface area contributed by atoms with Gasteiger partial charge in [-0.15, -0.1) is 0 Å². The Hall–Kier alpha value is -6.86. The third-order valence-corrected chi connectivity index (χ3v) is 12.8. The lowest BCUT2D eigenvalue weighted by molar-refractivity contribution is -0.134. The van der Waals surface area contributed by atoms with Gasteiger partial charge in [0.05, 0.1) is 22.9 Å². The molecule has 10 rings (SSSR count). The van der Waals surface area contributed by atoms with Gasteiger partial charge in [-0.1, -0.05) is 121 Å². The van der Waals surface area contributed by atoms with E-state index in [4.69, 9.17) is 0 Å². The standard InChI is InChI=1S/C50H38N2O5/c53-43-27-26-37(35-18-10-11-19-36(35)43)46-38-24-25-39-45(49(57)52(48(39)56)34-22-20-33(21-23-34)51-32-16-8-3-9-17-32)41(38)28-42-47(55)40(30-12-4-1-5-13-30)29-44(54)50(42,46)31-14-6-2-7-15-31/h1-24,26-27,29,39,41-42,45-46,51,53H,25,28H2. The van der Waals surface area contributed by atoms with Crippen LogP contribution < -0.4 is 10.2 Å². The second-order valence-corrected chi connectivity index (χ2v) is 15.6. The van der Waals surface area contributed by atoms with Crippen LogP contribution in [0, 0.1) is 23.7 Å². The molecule has 1 saturated heterocycles. The van der Waals surface area contributed by atoms with Crippen LogP contribution in [-0.4, -0.2) is 28.5 Å². The fourth-order valence-corrected chi connectivity index (χ4v) is 10.4. The van der Waals surface area contributed by atoms with Crippen LogP contribution in [0.3, 0.4) is 0 Å². The van der Waals surface area contributed by atoms with Crippen LogP contribution >= 0.6 is 0 Å². The van der Waals surface area contributed by atoms with E-state index in [1.165, 1.54) is 11.0 Å². The molecule has 57 heavy (non-hydrogen) atoms. The molecule has 0 spiro atoms. The number of Topliss-reactive ketones (excluding diaryl/α,β-unsaturated/α-hetero) is 1. The molecular weight excluding hydrogens is 709 g/mol. The number of anilines is 3. The summed E-state index contributed by atoms with van der Waals surface area (Å²) in [7, 11) is 0. The fourth-order valence-electron chi connectivity index (χ4n) is 10.4. The molecule has 278 valence electrons. The van der Waals surface area contributed by atoms with E-state index in [1.54, 1.807) is 18.2 Å². The maximum atomic E-state index is 15.4. The molecule has 2 fully saturated rings. The number of nitrogens with zero attached hydrogens (tertiary/aromatic N) is 1. The van der Waals surface area contributed by atoms with Gasteiger partial charge in [0.25, 0.3) is 0 Å². The van der Waals surface area contributed by atoms with Gasteiger partial charge in [-0.05, 0) is 89.4 Å². The first-order valence-electron chi connectivity index (χ1n) is 19.5. The number of carbonyl (C=O) groups excluding carboxylic acids is 4. The molecular formula is C50H38N2O5. The van der Waals surface area contributed by atoms with Gasteiger partial charge in [0.2, 0.25) is 11.8 Å². The van der Waals surface area contributed by atoms with Crippen LogP contribution in [0.25, 0.3) is 16.3 Å². The van der Waals surface area contributed by atoms with Gasteiger partial charge < -0.3 is 10.4 Å². The van der Waals surface area contributed by atoms with Crippen molar-refractivity contribution in [3.63, 3.8) is 0 Å². The highest BCUT2D eigenvalue weighted by atomic mass is 16.3. The van der Waals surface area contributed by atoms with Crippen molar-refractivity contribution in [1.29, 1.82) is 0 Å². The Labute approximate surface area is 330 Å². The predicted molar refractivity (Wildman–Crippen MR) is 221 cm³/mol. The second-order valence-electron chi connectivity index (χ2n) is 15.6. The van der Waals surface area contributed by atoms with Gasteiger partial charge in [-0.2, -0.15) is 0 Å². The van der Waals surface area contributed by atoms with Crippen molar-refractivity contribution < 1.29 is 24.3 Å². The Balaban J connectivity index is 1.14. The predicted octanol–water partition coefficient (Wildman–Crippen LogP) is 9.32. The number of hydrogen-bond donors (Lipinski definition) is 2. The monoisotopic (exact) mass is 746 g/mol. The lowest BCUT2D eigenvalue weighted by Gasteiger charge is -2.55. The molecule has 7 heteroatoms. The average Bonchev–Trinajstić information content (AvgIpc) is 3.51. The van der Waals surface area contributed by atoms with Gasteiger partial charge in [0.15, 0.2) is 11.6 Å². The van der Waals surface area contributed by atoms with Crippen molar-refractivity contribution in [2.24, 2.45) is 23.7 Å². The molecule has 3 aliphatic carbocycles. The lowest BCUT2D eigenvalue weighted by atomic mass is 9.44. The third-order valence-electron chi connectivity index (χ3n) is 12.8. The summed E-state index contributed by atoms with van der Waals surface area (Å²) in [5, 5.41) is 15.8. The molecule has 2 amide bonds. The normalized spacial score (nSPS) is 25.3. The number of nitrogens with one attached hydrogen (secondary N) is 1. The van der Waals surface area contributed by atoms with E-state index >= 15 is 9.59 Å². The van der Waals surface area contributed by atoms with Crippen molar-refractivity contribution in [2.45, 2.75) is 24.2 Å². The van der Waals surface area contributed by atoms with Gasteiger partial charge >= 0.3 is 0 Å². The molecule has 7 nitrogen and oxygen atoms in total. The number of benzene rings is 6. The summed E-state index contributed by atoms with van der Waals surface area (Å²) < 4.78 is 0. The van der Waals surface area contributed by atoms with Crippen LogP contribution in [0.2, 0.25) is 0 Å². The number of carbonyl (C=O) groups is 4. The number of phenols is 1. The Kier molecular flexibility index (Phi) is 8.15. The van der Waals surface area contributed by atoms with E-state index in [9.17, 15) is 14.7 Å². The molecule has 6 aromatic carbocycles. The van der Waals surface area contributed by atoms with Crippen LogP contribution in [-0.2, 0) is 24.6 Å². The maximum absolute atomic E-state index is 15.4. The minimum absolute atomic E-state index is 0.110. The van der Waals surface area contributed by atoms with Crippen molar-refractivity contribution in [1.82, 2.24) is 0 Å². The zero-order chi connectivity index (χ0) is 38.8. The average molecular weight is 747 g/mol. The van der Waals surface area contributed by atoms with Gasteiger partial charge in [-0.25, -0.2) is 0 Å². The summed E-state index contributed by atoms with van der Waals surface area (Å²) in [4.78, 5) is 61.3. The molecule has 6 unspecified atom stereocenters. The minimum Gasteiger partial charge on any atom is -0.507 e. The van der Waals surface area contributed by atoms with Crippen molar-refractivity contribution in [3.05, 3.63) is 186 Å². The Morgan fingerprint density at radius 3 is 1.98 bits per heavy atom. The molecule has 0 bridgehead atoms. The summed E-state index contributed by atoms with van der Waals surface area (Å²) in [6.45, 7) is 0. The minimum atomic E-state index is -1.36. The van der Waals surface area contributed by atoms with Crippen molar-refractivity contribution in [3.8, 4) is 5.75 Å². The molecule has 0 aromatic heterocycles. The highest BCUT2D eigenvalue weighted by molar-refractivity contribution is 6.32. The number of fused-ring (bicyclic) bond motifs is 5. The fraction of sp³-hybridized carbons (Fsp3) is 0.160. The molecule has 1 heterocycles. The first-order chi connectivity index (χ1) is 27.9. The van der Waals surface area contributed by atoms with Crippen molar-refractivity contribution in [2.75, 3.05) is 10.2 Å². The van der Waals surface area contributed by atoms with Gasteiger partial charge in [0.1, 0.15) is 5.75 Å². The van der Waals surface area contributed by atoms with E-state index in [1.807, 2.05) is 133 Å². The van der Waals surface area contributed by atoms with Gasteiger partial charge in [-0.3, -0.25) is 24.1 Å². The summed E-state index contributed by atoms with van der Waals surface area (Å²) >= 11 is 0. The first-order valence-corrected chi connectivity index (χ1v) is 19.5. The van der Waals surface area contributed by atoms with E-state index in [0.717, 1.165) is 33.5 Å². The quantitative estimate of drug-likeness (QED) is 0.130. The number of hydrogen-bond acceptors (Lipinski definition) is 6. The maximum Gasteiger partial charge on any atom is 0.238 e. The number of phenolic OH excluding ortho intramolecular Hbond substituents is 1. The zero-order valence-corrected chi connectivity index (χ0v) is 30.9. The number of rotatable bonds is 6. The topological polar surface area (TPSA) is 104 Å². The number of amides is 2. The van der Waals surface area contributed by atoms with Crippen molar-refractivity contribution >= 4 is 56.8 Å². The molecule has 4 aliphatic rings. The summed E-state index contributed by atoms with van der Waals surface area (Å²) in [5.41, 5.74) is 4.29. The zero-order valence-electron chi connectivity index (χ0n) is 30.9. The van der Waals surface area contributed by atoms with E-state index < -0.39 is 35.0 Å². The van der Waals surface area contributed by atoms with Crippen LogP contribution in [0.5, 0.6) is 5.75 Å². The smallest absolute Gasteiger partial charge is 0.238 e. The Morgan fingerprint density at radius 2 is 1.26 bits per heavy atom. The summed E-state index contributed by atoms with van der Waals surface area (Å²) in [6.07, 6.45) is 4.15. The van der Waals surface area contributed by atoms with Gasteiger partial charge in [0, 0.05) is 34.2 Å². The number of ketones is 2. The number of para-hydroxylation sites is 1. The summed E-state index contributed by atoms with van der Waals surface area (Å²) in [5.74, 6) is -4.16. The lowest BCUT2D eigenvalue weighted by Crippen LogP contribution is -2.58. The SMILES string of the molecule is O=C1C(c2ccccc2)=CC(=O)C2(c3ccccc3)C1CC1C(=CCC3C(=O)N(c4ccc(Nc5ccccc5)cc4)C(=O)C31)C2c1ccc(O)c2ccccc12. The van der Waals surface area contributed by atoms with Crippen LogP contribution in [0.1, 0.15) is 35.4 Å². The second kappa shape index (κ2) is 13.4. The largest absolute Gasteiger partial charge is 0.507 e. The van der Waals surface area contributed by atoms with Crippen LogP contribution in [0.15, 0.2) is 169 Å². The first kappa shape index (κ1) is 34.6.